The molecule has 1 aromatic heterocycles. The zero-order chi connectivity index (χ0) is 12.1. The first kappa shape index (κ1) is 13.7. The van der Waals surface area contributed by atoms with Crippen molar-refractivity contribution in [3.05, 3.63) is 22.6 Å². The Morgan fingerprint density at radius 1 is 1.50 bits per heavy atom. The summed E-state index contributed by atoms with van der Waals surface area (Å²) in [5.74, 6) is 1.32. The third kappa shape index (κ3) is 3.34. The summed E-state index contributed by atoms with van der Waals surface area (Å²) in [6.45, 7) is 6.45. The zero-order valence-electron chi connectivity index (χ0n) is 10.0. The van der Waals surface area contributed by atoms with Crippen LogP contribution in [0.25, 0.3) is 0 Å². The smallest absolute Gasteiger partial charge is 0.134 e. The molecule has 3 atom stereocenters. The number of aliphatic hydroxyl groups is 1. The molecule has 3 unspecified atom stereocenters. The van der Waals surface area contributed by atoms with Crippen molar-refractivity contribution in [1.82, 2.24) is 5.32 Å². The van der Waals surface area contributed by atoms with Crippen molar-refractivity contribution in [3.8, 4) is 0 Å². The molecule has 0 saturated heterocycles. The summed E-state index contributed by atoms with van der Waals surface area (Å²) in [6, 6.07) is 2.08. The van der Waals surface area contributed by atoms with Gasteiger partial charge < -0.3 is 14.8 Å². The molecule has 0 aliphatic heterocycles. The van der Waals surface area contributed by atoms with Crippen LogP contribution in [0, 0.1) is 5.92 Å². The van der Waals surface area contributed by atoms with E-state index in [0.717, 1.165) is 16.7 Å². The van der Waals surface area contributed by atoms with Crippen LogP contribution in [0.4, 0.5) is 0 Å². The molecule has 92 valence electrons. The Morgan fingerprint density at radius 3 is 2.62 bits per heavy atom. The molecule has 0 aliphatic carbocycles. The van der Waals surface area contributed by atoms with Crippen molar-refractivity contribution in [2.45, 2.75) is 39.3 Å². The zero-order valence-corrected chi connectivity index (χ0v) is 11.6. The van der Waals surface area contributed by atoms with Crippen LogP contribution in [-0.2, 0) is 0 Å². The van der Waals surface area contributed by atoms with Gasteiger partial charge in [-0.25, -0.2) is 0 Å². The third-order valence-electron chi connectivity index (χ3n) is 3.03. The predicted molar refractivity (Wildman–Crippen MR) is 68.3 cm³/mol. The molecule has 0 aliphatic rings. The summed E-state index contributed by atoms with van der Waals surface area (Å²) >= 11 is 3.44. The summed E-state index contributed by atoms with van der Waals surface area (Å²) in [6.07, 6.45) is 2.71. The van der Waals surface area contributed by atoms with E-state index >= 15 is 0 Å². The molecule has 0 spiro atoms. The first-order valence-corrected chi connectivity index (χ1v) is 6.49. The second-order valence-corrected chi connectivity index (χ2v) is 5.05. The van der Waals surface area contributed by atoms with Crippen LogP contribution >= 0.6 is 15.9 Å². The van der Waals surface area contributed by atoms with Gasteiger partial charge in [-0.2, -0.15) is 0 Å². The molecular formula is C12H20BrNO2. The van der Waals surface area contributed by atoms with E-state index < -0.39 is 0 Å². The normalized spacial score (nSPS) is 17.1. The fourth-order valence-corrected chi connectivity index (χ4v) is 2.24. The molecule has 16 heavy (non-hydrogen) atoms. The first-order valence-electron chi connectivity index (χ1n) is 5.69. The van der Waals surface area contributed by atoms with Crippen molar-refractivity contribution in [2.75, 3.05) is 6.61 Å². The molecule has 1 heterocycles. The van der Waals surface area contributed by atoms with Gasteiger partial charge in [-0.15, -0.1) is 0 Å². The Bertz CT molecular complexity index is 314. The second-order valence-electron chi connectivity index (χ2n) is 4.20. The minimum Gasteiger partial charge on any atom is -0.466 e. The van der Waals surface area contributed by atoms with Gasteiger partial charge in [0.15, 0.2) is 0 Å². The van der Waals surface area contributed by atoms with Crippen LogP contribution < -0.4 is 5.32 Å². The van der Waals surface area contributed by atoms with Crippen molar-refractivity contribution >= 4 is 15.9 Å². The van der Waals surface area contributed by atoms with Crippen LogP contribution in [0.5, 0.6) is 0 Å². The molecule has 0 bridgehead atoms. The lowest BCUT2D eigenvalue weighted by atomic mass is 9.99. The van der Waals surface area contributed by atoms with E-state index in [4.69, 9.17) is 4.42 Å². The van der Waals surface area contributed by atoms with Crippen LogP contribution in [0.15, 0.2) is 21.2 Å². The number of halogens is 1. The maximum absolute atomic E-state index is 9.34. The molecule has 0 fully saturated rings. The Morgan fingerprint density at radius 2 is 2.19 bits per heavy atom. The molecule has 2 N–H and O–H groups in total. The summed E-state index contributed by atoms with van der Waals surface area (Å²) in [4.78, 5) is 0. The molecule has 0 aromatic carbocycles. The quantitative estimate of drug-likeness (QED) is 0.846. The Kier molecular flexibility index (Phi) is 5.52. The minimum absolute atomic E-state index is 0.0931. The highest BCUT2D eigenvalue weighted by atomic mass is 79.9. The fraction of sp³-hybridized carbons (Fsp3) is 0.667. The summed E-state index contributed by atoms with van der Waals surface area (Å²) < 4.78 is 6.36. The summed E-state index contributed by atoms with van der Waals surface area (Å²) in [7, 11) is 0. The summed E-state index contributed by atoms with van der Waals surface area (Å²) in [5, 5.41) is 12.7. The minimum atomic E-state index is 0.0931. The lowest BCUT2D eigenvalue weighted by Crippen LogP contribution is -2.39. The van der Waals surface area contributed by atoms with Crippen LogP contribution in [0.1, 0.15) is 39.0 Å². The third-order valence-corrected chi connectivity index (χ3v) is 3.68. The van der Waals surface area contributed by atoms with Gasteiger partial charge in [-0.1, -0.05) is 20.3 Å². The van der Waals surface area contributed by atoms with Crippen molar-refractivity contribution in [3.63, 3.8) is 0 Å². The largest absolute Gasteiger partial charge is 0.466 e. The number of nitrogens with one attached hydrogen (secondary N) is 1. The topological polar surface area (TPSA) is 45.4 Å². The SMILES string of the molecule is CCC(C)C(CO)NC(C)c1occc1Br. The molecular weight excluding hydrogens is 270 g/mol. The van der Waals surface area contributed by atoms with Gasteiger partial charge in [0.25, 0.3) is 0 Å². The summed E-state index contributed by atoms with van der Waals surface area (Å²) in [5.41, 5.74) is 0. The monoisotopic (exact) mass is 289 g/mol. The fourth-order valence-electron chi connectivity index (χ4n) is 1.69. The highest BCUT2D eigenvalue weighted by Gasteiger charge is 2.20. The Hall–Kier alpha value is -0.320. The number of furan rings is 1. The van der Waals surface area contributed by atoms with E-state index in [1.54, 1.807) is 6.26 Å². The highest BCUT2D eigenvalue weighted by Crippen LogP contribution is 2.25. The van der Waals surface area contributed by atoms with E-state index in [0.29, 0.717) is 5.92 Å². The highest BCUT2D eigenvalue weighted by molar-refractivity contribution is 9.10. The predicted octanol–water partition coefficient (Wildman–Crippen LogP) is 3.10. The van der Waals surface area contributed by atoms with Crippen molar-refractivity contribution in [1.29, 1.82) is 0 Å². The van der Waals surface area contributed by atoms with E-state index in [9.17, 15) is 5.11 Å². The van der Waals surface area contributed by atoms with Gasteiger partial charge in [-0.05, 0) is 34.8 Å². The van der Waals surface area contributed by atoms with Crippen LogP contribution in [0.3, 0.4) is 0 Å². The van der Waals surface area contributed by atoms with Gasteiger partial charge in [0.1, 0.15) is 5.76 Å². The Labute approximate surface area is 105 Å². The average Bonchev–Trinajstić information content (AvgIpc) is 2.71. The lowest BCUT2D eigenvalue weighted by Gasteiger charge is -2.25. The number of aliphatic hydroxyl groups excluding tert-OH is 1. The maximum Gasteiger partial charge on any atom is 0.134 e. The molecule has 3 nitrogen and oxygen atoms in total. The number of hydrogen-bond acceptors (Lipinski definition) is 3. The van der Waals surface area contributed by atoms with Crippen molar-refractivity contribution in [2.24, 2.45) is 5.92 Å². The van der Waals surface area contributed by atoms with Gasteiger partial charge in [-0.3, -0.25) is 0 Å². The van der Waals surface area contributed by atoms with Gasteiger partial charge in [0.05, 0.1) is 23.4 Å². The molecule has 4 heteroatoms. The molecule has 0 radical (unpaired) electrons. The van der Waals surface area contributed by atoms with E-state index in [-0.39, 0.29) is 18.7 Å². The van der Waals surface area contributed by atoms with Gasteiger partial charge >= 0.3 is 0 Å². The standard InChI is InChI=1S/C12H20BrNO2/c1-4-8(2)11(7-15)14-9(3)12-10(13)5-6-16-12/h5-6,8-9,11,14-15H,4,7H2,1-3H3. The van der Waals surface area contributed by atoms with Gasteiger partial charge in [0, 0.05) is 6.04 Å². The van der Waals surface area contributed by atoms with Crippen LogP contribution in [0.2, 0.25) is 0 Å². The van der Waals surface area contributed by atoms with E-state index in [1.165, 1.54) is 0 Å². The number of hydrogen-bond donors (Lipinski definition) is 2. The maximum atomic E-state index is 9.34. The molecule has 1 rings (SSSR count). The Balaban J connectivity index is 2.62. The van der Waals surface area contributed by atoms with Crippen molar-refractivity contribution < 1.29 is 9.52 Å². The lowest BCUT2D eigenvalue weighted by molar-refractivity contribution is 0.188. The molecule has 0 amide bonds. The molecule has 0 saturated carbocycles. The molecule has 1 aromatic rings. The van der Waals surface area contributed by atoms with E-state index in [2.05, 4.69) is 35.1 Å². The number of rotatable bonds is 6. The van der Waals surface area contributed by atoms with E-state index in [1.807, 2.05) is 13.0 Å². The second kappa shape index (κ2) is 6.42. The first-order chi connectivity index (χ1) is 7.60. The van der Waals surface area contributed by atoms with Crippen LogP contribution in [-0.4, -0.2) is 17.8 Å². The van der Waals surface area contributed by atoms with Gasteiger partial charge in [0.2, 0.25) is 0 Å². The average molecular weight is 290 g/mol.